The van der Waals surface area contributed by atoms with Gasteiger partial charge in [0.15, 0.2) is 0 Å². The maximum atomic E-state index is 12.1. The predicted molar refractivity (Wildman–Crippen MR) is 46.8 cm³/mol. The Balaban J connectivity index is 0.000000671. The molecule has 0 N–H and O–H groups in total. The Morgan fingerprint density at radius 3 is 2.23 bits per heavy atom. The zero-order chi connectivity index (χ0) is 10.4. The molecule has 0 amide bonds. The van der Waals surface area contributed by atoms with Crippen LogP contribution in [-0.2, 0) is 0 Å². The smallest absolute Gasteiger partial charge is 0.242 e. The van der Waals surface area contributed by atoms with Gasteiger partial charge in [-0.05, 0) is 13.8 Å². The molecule has 1 rings (SSSR count). The highest BCUT2D eigenvalue weighted by Gasteiger charge is 2.18. The Bertz CT molecular complexity index is 235. The van der Waals surface area contributed by atoms with Crippen LogP contribution in [0.3, 0.4) is 0 Å². The molecule has 0 bridgehead atoms. The first-order valence-electron chi connectivity index (χ1n) is 4.27. The molecule has 5 heteroatoms. The van der Waals surface area contributed by atoms with E-state index in [2.05, 4.69) is 10.1 Å². The lowest BCUT2D eigenvalue weighted by Gasteiger charge is -2.10. The SMILES string of the molecule is CC.Cc1ncnn1C(C)C(F)F. The van der Waals surface area contributed by atoms with Crippen molar-refractivity contribution in [2.45, 2.75) is 40.2 Å². The van der Waals surface area contributed by atoms with E-state index in [0.717, 1.165) is 0 Å². The van der Waals surface area contributed by atoms with E-state index >= 15 is 0 Å². The monoisotopic (exact) mass is 191 g/mol. The van der Waals surface area contributed by atoms with Crippen molar-refractivity contribution < 1.29 is 8.78 Å². The van der Waals surface area contributed by atoms with E-state index in [0.29, 0.717) is 5.82 Å². The summed E-state index contributed by atoms with van der Waals surface area (Å²) in [5, 5.41) is 3.66. The molecule has 0 aliphatic rings. The molecule has 0 saturated carbocycles. The quantitative estimate of drug-likeness (QED) is 0.718. The number of nitrogens with zero attached hydrogens (tertiary/aromatic N) is 3. The van der Waals surface area contributed by atoms with Crippen LogP contribution in [0.4, 0.5) is 8.78 Å². The molecule has 1 aromatic heterocycles. The maximum absolute atomic E-state index is 12.1. The van der Waals surface area contributed by atoms with Crippen molar-refractivity contribution in [1.82, 2.24) is 14.8 Å². The van der Waals surface area contributed by atoms with Crippen LogP contribution in [0.5, 0.6) is 0 Å². The van der Waals surface area contributed by atoms with Crippen LogP contribution < -0.4 is 0 Å². The third-order valence-electron chi connectivity index (χ3n) is 1.50. The van der Waals surface area contributed by atoms with E-state index in [-0.39, 0.29) is 0 Å². The Hall–Kier alpha value is -1.00. The summed E-state index contributed by atoms with van der Waals surface area (Å²) in [7, 11) is 0. The fourth-order valence-electron chi connectivity index (χ4n) is 0.814. The number of aryl methyl sites for hydroxylation is 1. The topological polar surface area (TPSA) is 30.7 Å². The van der Waals surface area contributed by atoms with E-state index < -0.39 is 12.5 Å². The first-order chi connectivity index (χ1) is 6.13. The average Bonchev–Trinajstić information content (AvgIpc) is 2.53. The first-order valence-corrected chi connectivity index (χ1v) is 4.27. The summed E-state index contributed by atoms with van der Waals surface area (Å²) < 4.78 is 25.4. The van der Waals surface area contributed by atoms with E-state index in [1.54, 1.807) is 6.92 Å². The van der Waals surface area contributed by atoms with Gasteiger partial charge >= 0.3 is 0 Å². The molecule has 1 heterocycles. The summed E-state index contributed by atoms with van der Waals surface area (Å²) in [5.41, 5.74) is 0. The van der Waals surface area contributed by atoms with E-state index in [9.17, 15) is 8.78 Å². The summed E-state index contributed by atoms with van der Waals surface area (Å²) in [6, 6.07) is -0.891. The number of rotatable bonds is 2. The van der Waals surface area contributed by atoms with Gasteiger partial charge in [-0.2, -0.15) is 5.10 Å². The second-order valence-corrected chi connectivity index (χ2v) is 2.33. The predicted octanol–water partition coefficient (Wildman–Crippen LogP) is 2.44. The van der Waals surface area contributed by atoms with E-state index in [1.165, 1.54) is 17.9 Å². The van der Waals surface area contributed by atoms with Crippen LogP contribution in [0.25, 0.3) is 0 Å². The normalized spacial score (nSPS) is 12.2. The lowest BCUT2D eigenvalue weighted by atomic mass is 10.3. The molecule has 1 unspecified atom stereocenters. The second-order valence-electron chi connectivity index (χ2n) is 2.33. The van der Waals surface area contributed by atoms with Gasteiger partial charge in [-0.25, -0.2) is 18.4 Å². The van der Waals surface area contributed by atoms with Gasteiger partial charge in [0.2, 0.25) is 0 Å². The van der Waals surface area contributed by atoms with Crippen LogP contribution in [0.2, 0.25) is 0 Å². The zero-order valence-electron chi connectivity index (χ0n) is 8.33. The Morgan fingerprint density at radius 2 is 1.92 bits per heavy atom. The van der Waals surface area contributed by atoms with Gasteiger partial charge in [-0.15, -0.1) is 0 Å². The summed E-state index contributed by atoms with van der Waals surface area (Å²) in [5.74, 6) is 0.512. The zero-order valence-corrected chi connectivity index (χ0v) is 8.33. The van der Waals surface area contributed by atoms with Crippen LogP contribution in [0, 0.1) is 6.92 Å². The molecule has 0 radical (unpaired) electrons. The number of hydrogen-bond acceptors (Lipinski definition) is 2. The molecule has 0 spiro atoms. The third-order valence-corrected chi connectivity index (χ3v) is 1.50. The lowest BCUT2D eigenvalue weighted by Crippen LogP contribution is -2.16. The van der Waals surface area contributed by atoms with Crippen LogP contribution in [0.1, 0.15) is 32.6 Å². The van der Waals surface area contributed by atoms with E-state index in [4.69, 9.17) is 0 Å². The molecule has 0 fully saturated rings. The number of alkyl halides is 2. The van der Waals surface area contributed by atoms with Gasteiger partial charge in [0.1, 0.15) is 18.2 Å². The molecule has 1 atom stereocenters. The lowest BCUT2D eigenvalue weighted by molar-refractivity contribution is 0.0842. The first kappa shape index (κ1) is 12.0. The number of aromatic nitrogens is 3. The third kappa shape index (κ3) is 3.08. The Labute approximate surface area is 76.8 Å². The summed E-state index contributed by atoms with van der Waals surface area (Å²) in [4.78, 5) is 3.74. The minimum absolute atomic E-state index is 0.512. The van der Waals surface area contributed by atoms with Gasteiger partial charge in [0, 0.05) is 0 Å². The van der Waals surface area contributed by atoms with Crippen LogP contribution >= 0.6 is 0 Å². The van der Waals surface area contributed by atoms with Gasteiger partial charge in [0.25, 0.3) is 6.43 Å². The number of hydrogen-bond donors (Lipinski definition) is 0. The van der Waals surface area contributed by atoms with Gasteiger partial charge in [0.05, 0.1) is 0 Å². The molecule has 3 nitrogen and oxygen atoms in total. The highest BCUT2D eigenvalue weighted by Crippen LogP contribution is 2.14. The average molecular weight is 191 g/mol. The molecule has 1 aromatic rings. The molecular weight excluding hydrogens is 176 g/mol. The minimum atomic E-state index is -2.39. The Morgan fingerprint density at radius 1 is 1.38 bits per heavy atom. The fraction of sp³-hybridized carbons (Fsp3) is 0.750. The van der Waals surface area contributed by atoms with Crippen molar-refractivity contribution in [3.05, 3.63) is 12.2 Å². The standard InChI is InChI=1S/C6H9F2N3.C2H6/c1-4(6(7)8)11-5(2)9-3-10-11;1-2/h3-4,6H,1-2H3;1-2H3. The molecule has 13 heavy (non-hydrogen) atoms. The molecule has 76 valence electrons. The molecule has 0 aliphatic heterocycles. The molecule has 0 aromatic carbocycles. The van der Waals surface area contributed by atoms with Crippen LogP contribution in [-0.4, -0.2) is 21.2 Å². The molecule has 0 aliphatic carbocycles. The van der Waals surface area contributed by atoms with Crippen molar-refractivity contribution >= 4 is 0 Å². The van der Waals surface area contributed by atoms with Crippen molar-refractivity contribution in [3.8, 4) is 0 Å². The van der Waals surface area contributed by atoms with Gasteiger partial charge < -0.3 is 0 Å². The number of halogens is 2. The summed E-state index contributed by atoms with van der Waals surface area (Å²) in [6.07, 6.45) is -1.12. The fourth-order valence-corrected chi connectivity index (χ4v) is 0.814. The van der Waals surface area contributed by atoms with Crippen molar-refractivity contribution in [2.24, 2.45) is 0 Å². The van der Waals surface area contributed by atoms with Crippen molar-refractivity contribution in [1.29, 1.82) is 0 Å². The Kier molecular flexibility index (Phi) is 5.18. The largest absolute Gasteiger partial charge is 0.260 e. The molecular formula is C8H15F2N3. The van der Waals surface area contributed by atoms with Crippen molar-refractivity contribution in [2.75, 3.05) is 0 Å². The minimum Gasteiger partial charge on any atom is -0.242 e. The summed E-state index contributed by atoms with van der Waals surface area (Å²) in [6.45, 7) is 7.05. The van der Waals surface area contributed by atoms with Gasteiger partial charge in [-0.3, -0.25) is 0 Å². The highest BCUT2D eigenvalue weighted by molar-refractivity contribution is 4.82. The van der Waals surface area contributed by atoms with Crippen LogP contribution in [0.15, 0.2) is 6.33 Å². The molecule has 0 saturated heterocycles. The highest BCUT2D eigenvalue weighted by atomic mass is 19.3. The summed E-state index contributed by atoms with van der Waals surface area (Å²) >= 11 is 0. The maximum Gasteiger partial charge on any atom is 0.260 e. The second kappa shape index (κ2) is 5.61. The van der Waals surface area contributed by atoms with E-state index in [1.807, 2.05) is 13.8 Å². The van der Waals surface area contributed by atoms with Crippen molar-refractivity contribution in [3.63, 3.8) is 0 Å². The van der Waals surface area contributed by atoms with Gasteiger partial charge in [-0.1, -0.05) is 13.8 Å².